The van der Waals surface area contributed by atoms with Crippen LogP contribution in [0.4, 0.5) is 0 Å². The molecule has 3 nitrogen and oxygen atoms in total. The van der Waals surface area contributed by atoms with E-state index in [0.717, 1.165) is 38.8 Å². The molecule has 1 aliphatic rings. The zero-order valence-electron chi connectivity index (χ0n) is 23.5. The Kier molecular flexibility index (Phi) is 4.67. The van der Waals surface area contributed by atoms with Crippen LogP contribution in [0.3, 0.4) is 0 Å². The minimum Gasteiger partial charge on any atom is -0.284 e. The normalized spacial score (nSPS) is 13.7. The lowest BCUT2D eigenvalue weighted by atomic mass is 9.80. The average Bonchev–Trinajstić information content (AvgIpc) is 3.53. The van der Waals surface area contributed by atoms with Crippen LogP contribution in [0.1, 0.15) is 25.0 Å². The van der Waals surface area contributed by atoms with Crippen LogP contribution in [0.5, 0.6) is 0 Å². The van der Waals surface area contributed by atoms with Gasteiger partial charge in [0.1, 0.15) is 11.2 Å². The predicted octanol–water partition coefficient (Wildman–Crippen LogP) is 9.83. The first-order valence-corrected chi connectivity index (χ1v) is 14.5. The van der Waals surface area contributed by atoms with Crippen LogP contribution in [0.2, 0.25) is 0 Å². The molecule has 0 N–H and O–H groups in total. The highest BCUT2D eigenvalue weighted by atomic mass is 15.1. The van der Waals surface area contributed by atoms with Gasteiger partial charge in [-0.1, -0.05) is 111 Å². The summed E-state index contributed by atoms with van der Waals surface area (Å²) in [5.74, 6) is 0. The molecule has 42 heavy (non-hydrogen) atoms. The minimum absolute atomic E-state index is 0.0752. The molecule has 0 atom stereocenters. The third-order valence-electron chi connectivity index (χ3n) is 9.19. The second-order valence-corrected chi connectivity index (χ2v) is 11.9. The van der Waals surface area contributed by atoms with E-state index in [0.29, 0.717) is 0 Å². The van der Waals surface area contributed by atoms with E-state index in [1.807, 2.05) is 24.4 Å². The van der Waals surface area contributed by atoms with Crippen LogP contribution < -0.4 is 0 Å². The molecule has 3 heteroatoms. The number of fused-ring (bicyclic) bond motifs is 10. The number of aromatic nitrogens is 3. The van der Waals surface area contributed by atoms with E-state index in [1.165, 1.54) is 44.2 Å². The molecule has 9 rings (SSSR count). The molecule has 3 heterocycles. The molecule has 0 saturated carbocycles. The second-order valence-electron chi connectivity index (χ2n) is 11.9. The van der Waals surface area contributed by atoms with Crippen molar-refractivity contribution in [1.82, 2.24) is 14.4 Å². The van der Waals surface area contributed by atoms with Crippen LogP contribution in [-0.2, 0) is 5.41 Å². The first-order valence-electron chi connectivity index (χ1n) is 14.5. The third kappa shape index (κ3) is 3.11. The van der Waals surface area contributed by atoms with Gasteiger partial charge in [0.25, 0.3) is 0 Å². The lowest BCUT2D eigenvalue weighted by Gasteiger charge is -2.23. The van der Waals surface area contributed by atoms with Gasteiger partial charge in [-0.3, -0.25) is 4.40 Å². The molecule has 0 fully saturated rings. The number of benzene rings is 5. The average molecular weight is 538 g/mol. The maximum absolute atomic E-state index is 5.27. The van der Waals surface area contributed by atoms with Crippen molar-refractivity contribution in [3.05, 3.63) is 139 Å². The number of nitrogens with zero attached hydrogens (tertiary/aromatic N) is 3. The van der Waals surface area contributed by atoms with Gasteiger partial charge in [-0.25, -0.2) is 9.97 Å². The third-order valence-corrected chi connectivity index (χ3v) is 9.19. The Morgan fingerprint density at radius 2 is 1.26 bits per heavy atom. The van der Waals surface area contributed by atoms with Crippen LogP contribution in [0, 0.1) is 0 Å². The number of pyridine rings is 2. The van der Waals surface area contributed by atoms with Crippen molar-refractivity contribution in [2.45, 2.75) is 19.3 Å². The van der Waals surface area contributed by atoms with Gasteiger partial charge in [0.15, 0.2) is 5.65 Å². The molecule has 5 aromatic carbocycles. The molecular weight excluding hydrogens is 510 g/mol. The van der Waals surface area contributed by atoms with Crippen molar-refractivity contribution in [3.63, 3.8) is 0 Å². The summed E-state index contributed by atoms with van der Waals surface area (Å²) in [6.45, 7) is 4.71. The number of hydrogen-bond donors (Lipinski definition) is 0. The summed E-state index contributed by atoms with van der Waals surface area (Å²) in [6, 6.07) is 43.7. The highest BCUT2D eigenvalue weighted by Gasteiger charge is 2.36. The summed E-state index contributed by atoms with van der Waals surface area (Å²) in [6.07, 6.45) is 2.04. The fourth-order valence-electron chi connectivity index (χ4n) is 7.18. The van der Waals surface area contributed by atoms with Crippen molar-refractivity contribution in [3.8, 4) is 33.5 Å². The van der Waals surface area contributed by atoms with Crippen molar-refractivity contribution in [2.24, 2.45) is 0 Å². The Bertz CT molecular complexity index is 2390. The lowest BCUT2D eigenvalue weighted by molar-refractivity contribution is 0.661. The molecule has 198 valence electrons. The first kappa shape index (κ1) is 23.4. The summed E-state index contributed by atoms with van der Waals surface area (Å²) >= 11 is 0. The predicted molar refractivity (Wildman–Crippen MR) is 174 cm³/mol. The van der Waals surface area contributed by atoms with Gasteiger partial charge in [0.05, 0.1) is 5.69 Å². The number of rotatable bonds is 2. The van der Waals surface area contributed by atoms with Crippen LogP contribution in [0.15, 0.2) is 128 Å². The monoisotopic (exact) mass is 537 g/mol. The fraction of sp³-hybridized carbons (Fsp3) is 0.0769. The van der Waals surface area contributed by atoms with Crippen LogP contribution >= 0.6 is 0 Å². The van der Waals surface area contributed by atoms with E-state index in [1.54, 1.807) is 0 Å². The van der Waals surface area contributed by atoms with Gasteiger partial charge < -0.3 is 0 Å². The maximum atomic E-state index is 5.27. The number of hydrogen-bond acceptors (Lipinski definition) is 2. The molecule has 0 saturated heterocycles. The maximum Gasteiger partial charge on any atom is 0.165 e. The molecule has 0 radical (unpaired) electrons. The van der Waals surface area contributed by atoms with Crippen LogP contribution in [-0.4, -0.2) is 14.4 Å². The molecule has 0 bridgehead atoms. The topological polar surface area (TPSA) is 30.2 Å². The van der Waals surface area contributed by atoms with Gasteiger partial charge in [-0.05, 0) is 68.4 Å². The van der Waals surface area contributed by atoms with E-state index >= 15 is 0 Å². The standard InChI is InChI=1S/C39H27N3/c1-39(2)32-19-8-7-18-30(32)35-27-15-4-3-14-26(27)31(23-33(35)39)24-12-11-13-25(22-24)36-28-16-5-6-17-29(28)37-38(41-36)42-21-10-9-20-34(42)40-37/h3-23H,1-2H3. The summed E-state index contributed by atoms with van der Waals surface area (Å²) in [5.41, 5.74) is 12.7. The first-order chi connectivity index (χ1) is 20.6. The molecule has 1 aliphatic carbocycles. The van der Waals surface area contributed by atoms with E-state index in [-0.39, 0.29) is 5.41 Å². The van der Waals surface area contributed by atoms with Gasteiger partial charge in [0, 0.05) is 27.9 Å². The molecule has 3 aromatic heterocycles. The van der Waals surface area contributed by atoms with E-state index in [9.17, 15) is 0 Å². The Morgan fingerprint density at radius 3 is 2.14 bits per heavy atom. The molecule has 0 amide bonds. The molecular formula is C39H27N3. The Labute approximate surface area is 243 Å². The van der Waals surface area contributed by atoms with E-state index in [2.05, 4.69) is 121 Å². The lowest BCUT2D eigenvalue weighted by Crippen LogP contribution is -2.15. The Hall–Kier alpha value is -5.28. The van der Waals surface area contributed by atoms with E-state index < -0.39 is 0 Å². The van der Waals surface area contributed by atoms with Gasteiger partial charge in [-0.2, -0.15) is 0 Å². The van der Waals surface area contributed by atoms with Gasteiger partial charge in [-0.15, -0.1) is 0 Å². The van der Waals surface area contributed by atoms with Crippen molar-refractivity contribution in [2.75, 3.05) is 0 Å². The minimum atomic E-state index is -0.0752. The molecule has 0 aliphatic heterocycles. The van der Waals surface area contributed by atoms with Crippen LogP contribution in [0.25, 0.3) is 71.9 Å². The SMILES string of the molecule is CC1(C)c2ccccc2-c2c1cc(-c1cccc(-c3nc4c(nc5ccccn54)c4ccccc34)c1)c1ccccc21. The quantitative estimate of drug-likeness (QED) is 0.220. The largest absolute Gasteiger partial charge is 0.284 e. The summed E-state index contributed by atoms with van der Waals surface area (Å²) in [7, 11) is 0. The highest BCUT2D eigenvalue weighted by Crippen LogP contribution is 2.53. The molecule has 0 spiro atoms. The summed E-state index contributed by atoms with van der Waals surface area (Å²) in [4.78, 5) is 10.2. The summed E-state index contributed by atoms with van der Waals surface area (Å²) in [5, 5.41) is 4.81. The molecule has 8 aromatic rings. The zero-order chi connectivity index (χ0) is 28.0. The van der Waals surface area contributed by atoms with E-state index in [4.69, 9.17) is 9.97 Å². The van der Waals surface area contributed by atoms with Crippen molar-refractivity contribution >= 4 is 38.4 Å². The number of imidazole rings is 1. The zero-order valence-corrected chi connectivity index (χ0v) is 23.5. The fourth-order valence-corrected chi connectivity index (χ4v) is 7.18. The summed E-state index contributed by atoms with van der Waals surface area (Å²) < 4.78 is 2.09. The van der Waals surface area contributed by atoms with Crippen molar-refractivity contribution in [1.29, 1.82) is 0 Å². The highest BCUT2D eigenvalue weighted by molar-refractivity contribution is 6.11. The molecule has 0 unspecified atom stereocenters. The Balaban J connectivity index is 1.31. The van der Waals surface area contributed by atoms with Crippen molar-refractivity contribution < 1.29 is 0 Å². The van der Waals surface area contributed by atoms with Gasteiger partial charge in [0.2, 0.25) is 0 Å². The van der Waals surface area contributed by atoms with Gasteiger partial charge >= 0.3 is 0 Å². The Morgan fingerprint density at radius 1 is 0.548 bits per heavy atom. The smallest absolute Gasteiger partial charge is 0.165 e. The second kappa shape index (κ2) is 8.37.